The summed E-state index contributed by atoms with van der Waals surface area (Å²) in [6.45, 7) is 7.33. The quantitative estimate of drug-likeness (QED) is 0.854. The molecule has 3 heteroatoms. The normalized spacial score (nSPS) is 12.7. The second-order valence-corrected chi connectivity index (χ2v) is 5.90. The SMILES string of the molecule is CCNC(c1ccsc1C)c1cccc(Cl)c1C. The smallest absolute Gasteiger partial charge is 0.0590 e. The maximum Gasteiger partial charge on any atom is 0.0590 e. The predicted molar refractivity (Wildman–Crippen MR) is 80.8 cm³/mol. The van der Waals surface area contributed by atoms with Gasteiger partial charge in [-0.05, 0) is 54.6 Å². The van der Waals surface area contributed by atoms with Crippen LogP contribution < -0.4 is 5.32 Å². The molecule has 1 atom stereocenters. The van der Waals surface area contributed by atoms with E-state index < -0.39 is 0 Å². The Bertz CT molecular complexity index is 533. The number of aryl methyl sites for hydroxylation is 1. The summed E-state index contributed by atoms with van der Waals surface area (Å²) in [5.74, 6) is 0. The van der Waals surface area contributed by atoms with Crippen molar-refractivity contribution < 1.29 is 0 Å². The first-order valence-corrected chi connectivity index (χ1v) is 7.43. The monoisotopic (exact) mass is 279 g/mol. The maximum absolute atomic E-state index is 6.23. The number of thiophene rings is 1. The molecule has 2 aromatic rings. The van der Waals surface area contributed by atoms with E-state index in [0.717, 1.165) is 17.1 Å². The van der Waals surface area contributed by atoms with Gasteiger partial charge in [0.2, 0.25) is 0 Å². The molecule has 96 valence electrons. The highest BCUT2D eigenvalue weighted by atomic mass is 35.5. The average molecular weight is 280 g/mol. The van der Waals surface area contributed by atoms with Crippen molar-refractivity contribution in [3.63, 3.8) is 0 Å². The van der Waals surface area contributed by atoms with E-state index in [1.54, 1.807) is 11.3 Å². The Morgan fingerprint density at radius 1 is 1.22 bits per heavy atom. The first-order chi connectivity index (χ1) is 8.65. The van der Waals surface area contributed by atoms with Gasteiger partial charge in [0.15, 0.2) is 0 Å². The lowest BCUT2D eigenvalue weighted by Crippen LogP contribution is -2.23. The Hall–Kier alpha value is -0.830. The van der Waals surface area contributed by atoms with Crippen molar-refractivity contribution in [1.29, 1.82) is 0 Å². The Morgan fingerprint density at radius 2 is 2.00 bits per heavy atom. The average Bonchev–Trinajstić information content (AvgIpc) is 2.76. The van der Waals surface area contributed by atoms with Gasteiger partial charge in [-0.1, -0.05) is 30.7 Å². The highest BCUT2D eigenvalue weighted by molar-refractivity contribution is 7.10. The molecule has 1 aromatic carbocycles. The Kier molecular flexibility index (Phi) is 4.44. The van der Waals surface area contributed by atoms with Gasteiger partial charge < -0.3 is 5.32 Å². The first-order valence-electron chi connectivity index (χ1n) is 6.17. The molecule has 1 N–H and O–H groups in total. The second kappa shape index (κ2) is 5.87. The summed E-state index contributed by atoms with van der Waals surface area (Å²) in [6, 6.07) is 8.57. The summed E-state index contributed by atoms with van der Waals surface area (Å²) < 4.78 is 0. The van der Waals surface area contributed by atoms with Crippen LogP contribution in [-0.4, -0.2) is 6.54 Å². The van der Waals surface area contributed by atoms with Crippen LogP contribution in [0.2, 0.25) is 5.02 Å². The molecule has 0 saturated carbocycles. The minimum atomic E-state index is 0.236. The number of benzene rings is 1. The van der Waals surface area contributed by atoms with Crippen molar-refractivity contribution in [2.45, 2.75) is 26.8 Å². The van der Waals surface area contributed by atoms with Gasteiger partial charge in [-0.2, -0.15) is 0 Å². The molecule has 1 nitrogen and oxygen atoms in total. The van der Waals surface area contributed by atoms with Gasteiger partial charge in [0.1, 0.15) is 0 Å². The summed E-state index contributed by atoms with van der Waals surface area (Å²) in [6.07, 6.45) is 0. The molecule has 0 fully saturated rings. The summed E-state index contributed by atoms with van der Waals surface area (Å²) in [5.41, 5.74) is 3.79. The fourth-order valence-corrected chi connectivity index (χ4v) is 3.15. The molecule has 0 radical (unpaired) electrons. The van der Waals surface area contributed by atoms with Crippen molar-refractivity contribution in [3.8, 4) is 0 Å². The van der Waals surface area contributed by atoms with E-state index in [1.165, 1.54) is 16.0 Å². The van der Waals surface area contributed by atoms with Crippen LogP contribution in [0.5, 0.6) is 0 Å². The third-order valence-corrected chi connectivity index (χ3v) is 4.51. The molecule has 0 bridgehead atoms. The fourth-order valence-electron chi connectivity index (χ4n) is 2.22. The highest BCUT2D eigenvalue weighted by Crippen LogP contribution is 2.32. The first kappa shape index (κ1) is 13.6. The van der Waals surface area contributed by atoms with Crippen molar-refractivity contribution >= 4 is 22.9 Å². The summed E-state index contributed by atoms with van der Waals surface area (Å²) in [7, 11) is 0. The van der Waals surface area contributed by atoms with Crippen LogP contribution in [0.1, 0.15) is 34.5 Å². The van der Waals surface area contributed by atoms with Crippen molar-refractivity contribution in [2.24, 2.45) is 0 Å². The lowest BCUT2D eigenvalue weighted by molar-refractivity contribution is 0.627. The zero-order chi connectivity index (χ0) is 13.1. The van der Waals surface area contributed by atoms with Crippen LogP contribution in [-0.2, 0) is 0 Å². The van der Waals surface area contributed by atoms with Gasteiger partial charge in [-0.15, -0.1) is 11.3 Å². The van der Waals surface area contributed by atoms with E-state index in [4.69, 9.17) is 11.6 Å². The topological polar surface area (TPSA) is 12.0 Å². The lowest BCUT2D eigenvalue weighted by Gasteiger charge is -2.21. The standard InChI is InChI=1S/C15H18ClNS/c1-4-17-15(13-8-9-18-11(13)3)12-6-5-7-14(16)10(12)2/h5-9,15,17H,4H2,1-3H3. The molecule has 0 saturated heterocycles. The van der Waals surface area contributed by atoms with Crippen molar-refractivity contribution in [2.75, 3.05) is 6.54 Å². The van der Waals surface area contributed by atoms with Gasteiger partial charge in [0.25, 0.3) is 0 Å². The van der Waals surface area contributed by atoms with Crippen LogP contribution >= 0.6 is 22.9 Å². The van der Waals surface area contributed by atoms with Crippen LogP contribution in [0.25, 0.3) is 0 Å². The van der Waals surface area contributed by atoms with E-state index in [0.29, 0.717) is 0 Å². The molecule has 2 rings (SSSR count). The van der Waals surface area contributed by atoms with Crippen molar-refractivity contribution in [3.05, 3.63) is 56.2 Å². The van der Waals surface area contributed by atoms with Gasteiger partial charge in [0, 0.05) is 9.90 Å². The lowest BCUT2D eigenvalue weighted by atomic mass is 9.95. The van der Waals surface area contributed by atoms with Crippen LogP contribution in [0.4, 0.5) is 0 Å². The molecule has 0 aliphatic rings. The van der Waals surface area contributed by atoms with E-state index >= 15 is 0 Å². The Morgan fingerprint density at radius 3 is 2.61 bits per heavy atom. The van der Waals surface area contributed by atoms with E-state index in [-0.39, 0.29) is 6.04 Å². The molecule has 0 spiro atoms. The summed E-state index contributed by atoms with van der Waals surface area (Å²) in [5, 5.41) is 6.54. The molecule has 0 amide bonds. The largest absolute Gasteiger partial charge is 0.306 e. The van der Waals surface area contributed by atoms with Crippen LogP contribution in [0.15, 0.2) is 29.6 Å². The van der Waals surface area contributed by atoms with Crippen LogP contribution in [0, 0.1) is 13.8 Å². The Labute approximate surface area is 118 Å². The third-order valence-electron chi connectivity index (χ3n) is 3.24. The van der Waals surface area contributed by atoms with Gasteiger partial charge >= 0.3 is 0 Å². The molecular weight excluding hydrogens is 262 g/mol. The van der Waals surface area contributed by atoms with Crippen molar-refractivity contribution in [1.82, 2.24) is 5.32 Å². The number of hydrogen-bond donors (Lipinski definition) is 1. The zero-order valence-corrected chi connectivity index (χ0v) is 12.5. The maximum atomic E-state index is 6.23. The number of hydrogen-bond acceptors (Lipinski definition) is 2. The van der Waals surface area contributed by atoms with Gasteiger partial charge in [-0.3, -0.25) is 0 Å². The number of rotatable bonds is 4. The van der Waals surface area contributed by atoms with E-state index in [1.807, 2.05) is 12.1 Å². The predicted octanol–water partition coefficient (Wildman–Crippen LogP) is 4.72. The molecule has 1 aromatic heterocycles. The molecule has 1 heterocycles. The minimum Gasteiger partial charge on any atom is -0.306 e. The molecule has 18 heavy (non-hydrogen) atoms. The van der Waals surface area contributed by atoms with E-state index in [2.05, 4.69) is 43.6 Å². The third kappa shape index (κ3) is 2.61. The second-order valence-electron chi connectivity index (χ2n) is 4.38. The molecular formula is C15H18ClNS. The van der Waals surface area contributed by atoms with E-state index in [9.17, 15) is 0 Å². The molecule has 0 aliphatic carbocycles. The fraction of sp³-hybridized carbons (Fsp3) is 0.333. The van der Waals surface area contributed by atoms with Gasteiger partial charge in [0.05, 0.1) is 6.04 Å². The number of halogens is 1. The molecule has 0 aliphatic heterocycles. The van der Waals surface area contributed by atoms with Crippen LogP contribution in [0.3, 0.4) is 0 Å². The minimum absolute atomic E-state index is 0.236. The summed E-state index contributed by atoms with van der Waals surface area (Å²) >= 11 is 8.02. The Balaban J connectivity index is 2.48. The molecule has 1 unspecified atom stereocenters. The zero-order valence-electron chi connectivity index (χ0n) is 11.0. The highest BCUT2D eigenvalue weighted by Gasteiger charge is 2.18. The van der Waals surface area contributed by atoms with Gasteiger partial charge in [-0.25, -0.2) is 0 Å². The summed E-state index contributed by atoms with van der Waals surface area (Å²) in [4.78, 5) is 1.36. The number of nitrogens with one attached hydrogen (secondary N) is 1.